The highest BCUT2D eigenvalue weighted by Crippen LogP contribution is 2.31. The van der Waals surface area contributed by atoms with Crippen molar-refractivity contribution in [2.24, 2.45) is 0 Å². The number of piperazine rings is 1. The number of amides is 1. The second-order valence-electron chi connectivity index (χ2n) is 9.07. The third kappa shape index (κ3) is 4.42. The molecular weight excluding hydrogens is 394 g/mol. The highest BCUT2D eigenvalue weighted by molar-refractivity contribution is 5.95. The quantitative estimate of drug-likeness (QED) is 0.673. The Labute approximate surface area is 190 Å². The number of likely N-dealkylation sites (N-methyl/N-ethyl adjacent to an activating group) is 1. The van der Waals surface area contributed by atoms with Crippen LogP contribution in [-0.4, -0.2) is 50.1 Å². The van der Waals surface area contributed by atoms with E-state index in [4.69, 9.17) is 0 Å². The molecular formula is C28H31N3O. The highest BCUT2D eigenvalue weighted by atomic mass is 16.1. The summed E-state index contributed by atoms with van der Waals surface area (Å²) in [5, 5.41) is 3.33. The predicted molar refractivity (Wildman–Crippen MR) is 131 cm³/mol. The maximum Gasteiger partial charge on any atom is 0.251 e. The normalized spacial score (nSPS) is 18.8. The summed E-state index contributed by atoms with van der Waals surface area (Å²) < 4.78 is 0. The Morgan fingerprint density at radius 3 is 2.44 bits per heavy atom. The minimum Gasteiger partial charge on any atom is -0.369 e. The van der Waals surface area contributed by atoms with Crippen LogP contribution in [0, 0.1) is 0 Å². The summed E-state index contributed by atoms with van der Waals surface area (Å²) in [5.74, 6) is 0.0216. The Morgan fingerprint density at radius 1 is 0.875 bits per heavy atom. The predicted octanol–water partition coefficient (Wildman–Crippen LogP) is 4.39. The second-order valence-corrected chi connectivity index (χ2v) is 9.07. The minimum atomic E-state index is 0.0216. The van der Waals surface area contributed by atoms with Crippen molar-refractivity contribution < 1.29 is 4.79 Å². The van der Waals surface area contributed by atoms with Crippen LogP contribution in [0.1, 0.15) is 27.9 Å². The molecule has 3 aromatic rings. The molecule has 4 nitrogen and oxygen atoms in total. The zero-order valence-corrected chi connectivity index (χ0v) is 18.8. The van der Waals surface area contributed by atoms with Gasteiger partial charge in [0, 0.05) is 43.5 Å². The molecule has 1 fully saturated rings. The van der Waals surface area contributed by atoms with Crippen LogP contribution in [0.25, 0.3) is 11.1 Å². The summed E-state index contributed by atoms with van der Waals surface area (Å²) >= 11 is 0. The highest BCUT2D eigenvalue weighted by Gasteiger charge is 2.25. The van der Waals surface area contributed by atoms with Gasteiger partial charge in [-0.05, 0) is 66.8 Å². The van der Waals surface area contributed by atoms with Crippen LogP contribution < -0.4 is 10.2 Å². The van der Waals surface area contributed by atoms with Crippen molar-refractivity contribution in [3.63, 3.8) is 0 Å². The van der Waals surface area contributed by atoms with E-state index < -0.39 is 0 Å². The molecule has 5 rings (SSSR count). The van der Waals surface area contributed by atoms with Crippen LogP contribution in [0.2, 0.25) is 0 Å². The summed E-state index contributed by atoms with van der Waals surface area (Å²) in [4.78, 5) is 18.0. The fourth-order valence-corrected chi connectivity index (χ4v) is 4.98. The topological polar surface area (TPSA) is 35.6 Å². The van der Waals surface area contributed by atoms with E-state index in [1.54, 1.807) is 0 Å². The number of aryl methyl sites for hydroxylation is 1. The van der Waals surface area contributed by atoms with Crippen molar-refractivity contribution >= 4 is 11.6 Å². The van der Waals surface area contributed by atoms with Crippen LogP contribution in [0.3, 0.4) is 0 Å². The van der Waals surface area contributed by atoms with Gasteiger partial charge in [-0.25, -0.2) is 0 Å². The van der Waals surface area contributed by atoms with Gasteiger partial charge < -0.3 is 15.1 Å². The first-order chi connectivity index (χ1) is 15.7. The lowest BCUT2D eigenvalue weighted by Crippen LogP contribution is -2.45. The molecule has 3 aromatic carbocycles. The molecule has 0 spiro atoms. The minimum absolute atomic E-state index is 0.0216. The van der Waals surface area contributed by atoms with E-state index in [-0.39, 0.29) is 11.9 Å². The van der Waals surface area contributed by atoms with Crippen LogP contribution in [0.5, 0.6) is 0 Å². The van der Waals surface area contributed by atoms with Gasteiger partial charge in [0.15, 0.2) is 0 Å². The Bertz CT molecular complexity index is 1090. The Balaban J connectivity index is 1.31. The van der Waals surface area contributed by atoms with Gasteiger partial charge in [0.2, 0.25) is 0 Å². The van der Waals surface area contributed by atoms with Gasteiger partial charge in [0.25, 0.3) is 5.91 Å². The lowest BCUT2D eigenvalue weighted by atomic mass is 9.86. The molecule has 32 heavy (non-hydrogen) atoms. The standard InChI is InChI=1S/C28H31N3O/c1-30-15-17-31(18-16-30)27-12-6-9-22-13-14-25(20-26(22)27)29-28(32)24-11-5-10-23(19-24)21-7-3-2-4-8-21/h2-12,19,25H,13-18,20H2,1H3,(H,29,32). The summed E-state index contributed by atoms with van der Waals surface area (Å²) in [6.07, 6.45) is 2.91. The number of anilines is 1. The monoisotopic (exact) mass is 425 g/mol. The van der Waals surface area contributed by atoms with Gasteiger partial charge in [0.05, 0.1) is 0 Å². The van der Waals surface area contributed by atoms with Gasteiger partial charge in [-0.1, -0.05) is 54.6 Å². The number of carbonyl (C=O) groups excluding carboxylic acids is 1. The molecule has 164 valence electrons. The maximum atomic E-state index is 13.1. The van der Waals surface area contributed by atoms with Gasteiger partial charge in [-0.15, -0.1) is 0 Å². The van der Waals surface area contributed by atoms with E-state index in [0.717, 1.165) is 62.1 Å². The van der Waals surface area contributed by atoms with Crippen molar-refractivity contribution in [3.8, 4) is 11.1 Å². The molecule has 0 saturated carbocycles. The number of hydrogen-bond acceptors (Lipinski definition) is 3. The molecule has 1 unspecified atom stereocenters. The van der Waals surface area contributed by atoms with Gasteiger partial charge in [-0.3, -0.25) is 4.79 Å². The molecule has 1 aliphatic heterocycles. The first kappa shape index (κ1) is 20.8. The van der Waals surface area contributed by atoms with Gasteiger partial charge in [0.1, 0.15) is 0 Å². The van der Waals surface area contributed by atoms with E-state index in [2.05, 4.69) is 58.6 Å². The summed E-state index contributed by atoms with van der Waals surface area (Å²) in [7, 11) is 2.19. The SMILES string of the molecule is CN1CCN(c2cccc3c2CC(NC(=O)c2cccc(-c4ccccc4)c2)CC3)CC1. The first-order valence-corrected chi connectivity index (χ1v) is 11.7. The summed E-state index contributed by atoms with van der Waals surface area (Å²) in [5.41, 5.74) is 7.16. The largest absolute Gasteiger partial charge is 0.369 e. The third-order valence-electron chi connectivity index (χ3n) is 6.87. The van der Waals surface area contributed by atoms with Gasteiger partial charge >= 0.3 is 0 Å². The van der Waals surface area contributed by atoms with Gasteiger partial charge in [-0.2, -0.15) is 0 Å². The Kier molecular flexibility index (Phi) is 5.95. The first-order valence-electron chi connectivity index (χ1n) is 11.7. The zero-order chi connectivity index (χ0) is 21.9. The fraction of sp³-hybridized carbons (Fsp3) is 0.321. The van der Waals surface area contributed by atoms with E-state index >= 15 is 0 Å². The zero-order valence-electron chi connectivity index (χ0n) is 18.8. The second kappa shape index (κ2) is 9.17. The molecule has 1 N–H and O–H groups in total. The van der Waals surface area contributed by atoms with E-state index in [9.17, 15) is 4.79 Å². The molecule has 1 atom stereocenters. The number of nitrogens with zero attached hydrogens (tertiary/aromatic N) is 2. The smallest absolute Gasteiger partial charge is 0.251 e. The number of carbonyl (C=O) groups is 1. The van der Waals surface area contributed by atoms with Crippen LogP contribution in [0.4, 0.5) is 5.69 Å². The number of fused-ring (bicyclic) bond motifs is 1. The number of hydrogen-bond donors (Lipinski definition) is 1. The third-order valence-corrected chi connectivity index (χ3v) is 6.87. The molecule has 2 aliphatic rings. The average Bonchev–Trinajstić information content (AvgIpc) is 2.85. The van der Waals surface area contributed by atoms with E-state index in [1.807, 2.05) is 36.4 Å². The number of benzene rings is 3. The van der Waals surface area contributed by atoms with E-state index in [0.29, 0.717) is 0 Å². The fourth-order valence-electron chi connectivity index (χ4n) is 4.98. The Hall–Kier alpha value is -3.11. The van der Waals surface area contributed by atoms with Crippen molar-refractivity contribution in [1.82, 2.24) is 10.2 Å². The van der Waals surface area contributed by atoms with Crippen LogP contribution in [-0.2, 0) is 12.8 Å². The molecule has 1 heterocycles. The molecule has 0 aromatic heterocycles. The van der Waals surface area contributed by atoms with Crippen molar-refractivity contribution in [2.75, 3.05) is 38.1 Å². The molecule has 1 amide bonds. The Morgan fingerprint density at radius 2 is 1.62 bits per heavy atom. The summed E-state index contributed by atoms with van der Waals surface area (Å²) in [6, 6.07) is 25.0. The lowest BCUT2D eigenvalue weighted by Gasteiger charge is -2.37. The van der Waals surface area contributed by atoms with Crippen LogP contribution in [0.15, 0.2) is 72.8 Å². The van der Waals surface area contributed by atoms with Crippen molar-refractivity contribution in [3.05, 3.63) is 89.5 Å². The van der Waals surface area contributed by atoms with E-state index in [1.165, 1.54) is 16.8 Å². The molecule has 4 heteroatoms. The van der Waals surface area contributed by atoms with Crippen molar-refractivity contribution in [1.29, 1.82) is 0 Å². The average molecular weight is 426 g/mol. The molecule has 0 bridgehead atoms. The summed E-state index contributed by atoms with van der Waals surface area (Å²) in [6.45, 7) is 4.33. The molecule has 1 aliphatic carbocycles. The van der Waals surface area contributed by atoms with Crippen LogP contribution >= 0.6 is 0 Å². The number of nitrogens with one attached hydrogen (secondary N) is 1. The lowest BCUT2D eigenvalue weighted by molar-refractivity contribution is 0.0933. The molecule has 0 radical (unpaired) electrons. The maximum absolute atomic E-state index is 13.1. The molecule has 1 saturated heterocycles. The van der Waals surface area contributed by atoms with Crippen molar-refractivity contribution in [2.45, 2.75) is 25.3 Å². The number of rotatable bonds is 4.